The molecule has 0 fully saturated rings. The maximum absolute atomic E-state index is 14.0. The van der Waals surface area contributed by atoms with Crippen molar-refractivity contribution in [1.29, 1.82) is 0 Å². The van der Waals surface area contributed by atoms with Crippen LogP contribution >= 0.6 is 0 Å². The molecule has 0 amide bonds. The van der Waals surface area contributed by atoms with Gasteiger partial charge in [-0.2, -0.15) is 0 Å². The maximum atomic E-state index is 14.0. The van der Waals surface area contributed by atoms with Gasteiger partial charge in [-0.15, -0.1) is 6.42 Å². The topological polar surface area (TPSA) is 81.2 Å². The van der Waals surface area contributed by atoms with Crippen LogP contribution in [0.25, 0.3) is 22.0 Å². The second-order valence-electron chi connectivity index (χ2n) is 6.55. The number of halogens is 1. The smallest absolute Gasteiger partial charge is 0.264 e. The van der Waals surface area contributed by atoms with Gasteiger partial charge in [0.2, 0.25) is 5.88 Å². The van der Waals surface area contributed by atoms with Crippen molar-refractivity contribution in [2.24, 2.45) is 0 Å². The van der Waals surface area contributed by atoms with Crippen molar-refractivity contribution in [1.82, 2.24) is 9.97 Å². The van der Waals surface area contributed by atoms with E-state index in [9.17, 15) is 12.8 Å². The fourth-order valence-corrected chi connectivity index (χ4v) is 4.29. The highest BCUT2D eigenvalue weighted by molar-refractivity contribution is 7.92. The highest BCUT2D eigenvalue weighted by Gasteiger charge is 2.21. The van der Waals surface area contributed by atoms with Crippen LogP contribution in [0.5, 0.6) is 5.88 Å². The van der Waals surface area contributed by atoms with E-state index in [1.54, 1.807) is 24.5 Å². The van der Waals surface area contributed by atoms with E-state index in [0.717, 1.165) is 22.5 Å². The number of terminal acetylenes is 1. The Labute approximate surface area is 178 Å². The standard InChI is InChI=1S/C23H16FN3O3S/c1-3-15-10-11-25-20-9-8-16(12-18(15)20)17-13-21(23(30-2)26-14-17)27-31(28,29)22-7-5-4-6-19(22)24/h1,4-14,27H,2H3. The summed E-state index contributed by atoms with van der Waals surface area (Å²) in [4.78, 5) is 8.02. The minimum atomic E-state index is -4.20. The third-order valence-corrected chi connectivity index (χ3v) is 6.04. The molecule has 6 nitrogen and oxygen atoms in total. The summed E-state index contributed by atoms with van der Waals surface area (Å²) >= 11 is 0. The lowest BCUT2D eigenvalue weighted by atomic mass is 10.0. The molecule has 0 saturated carbocycles. The van der Waals surface area contributed by atoms with Crippen LogP contribution in [0.3, 0.4) is 0 Å². The van der Waals surface area contributed by atoms with Gasteiger partial charge < -0.3 is 4.74 Å². The molecule has 31 heavy (non-hydrogen) atoms. The number of nitrogens with one attached hydrogen (secondary N) is 1. The quantitative estimate of drug-likeness (QED) is 0.477. The Morgan fingerprint density at radius 3 is 2.61 bits per heavy atom. The Balaban J connectivity index is 1.79. The molecule has 0 atom stereocenters. The molecule has 8 heteroatoms. The van der Waals surface area contributed by atoms with Crippen molar-refractivity contribution >= 4 is 26.6 Å². The van der Waals surface area contributed by atoms with Gasteiger partial charge in [0.15, 0.2) is 0 Å². The molecule has 0 radical (unpaired) electrons. The lowest BCUT2D eigenvalue weighted by molar-refractivity contribution is 0.400. The van der Waals surface area contributed by atoms with Gasteiger partial charge in [-0.3, -0.25) is 9.71 Å². The van der Waals surface area contributed by atoms with E-state index in [0.29, 0.717) is 11.1 Å². The number of hydrogen-bond acceptors (Lipinski definition) is 5. The average Bonchev–Trinajstić information content (AvgIpc) is 2.78. The Bertz CT molecular complexity index is 1450. The lowest BCUT2D eigenvalue weighted by Gasteiger charge is -2.13. The van der Waals surface area contributed by atoms with Crippen LogP contribution in [0.15, 0.2) is 71.9 Å². The third kappa shape index (κ3) is 3.91. The molecule has 0 spiro atoms. The first kappa shape index (κ1) is 20.3. The number of benzene rings is 2. The summed E-state index contributed by atoms with van der Waals surface area (Å²) in [5.41, 5.74) is 2.86. The van der Waals surface area contributed by atoms with Crippen molar-refractivity contribution in [2.45, 2.75) is 4.90 Å². The van der Waals surface area contributed by atoms with E-state index in [4.69, 9.17) is 11.2 Å². The van der Waals surface area contributed by atoms with Gasteiger partial charge >= 0.3 is 0 Å². The predicted molar refractivity (Wildman–Crippen MR) is 117 cm³/mol. The fourth-order valence-electron chi connectivity index (χ4n) is 3.16. The Hall–Kier alpha value is -3.96. The van der Waals surface area contributed by atoms with Crippen LogP contribution in [-0.2, 0) is 10.0 Å². The van der Waals surface area contributed by atoms with E-state index in [-0.39, 0.29) is 11.6 Å². The summed E-state index contributed by atoms with van der Waals surface area (Å²) in [6, 6.07) is 13.9. The number of fused-ring (bicyclic) bond motifs is 1. The van der Waals surface area contributed by atoms with E-state index in [1.807, 2.05) is 18.2 Å². The number of pyridine rings is 2. The Morgan fingerprint density at radius 1 is 1.06 bits per heavy atom. The molecule has 2 aromatic carbocycles. The second-order valence-corrected chi connectivity index (χ2v) is 8.20. The van der Waals surface area contributed by atoms with Crippen molar-refractivity contribution in [2.75, 3.05) is 11.8 Å². The molecule has 154 valence electrons. The summed E-state index contributed by atoms with van der Waals surface area (Å²) < 4.78 is 47.1. The summed E-state index contributed by atoms with van der Waals surface area (Å²) in [7, 11) is -2.84. The lowest BCUT2D eigenvalue weighted by Crippen LogP contribution is -2.15. The average molecular weight is 433 g/mol. The number of hydrogen-bond donors (Lipinski definition) is 1. The molecular formula is C23H16FN3O3S. The molecular weight excluding hydrogens is 417 g/mol. The second kappa shape index (κ2) is 8.05. The van der Waals surface area contributed by atoms with Crippen molar-refractivity contribution in [3.05, 3.63) is 78.4 Å². The molecule has 2 aromatic heterocycles. The van der Waals surface area contributed by atoms with Gasteiger partial charge in [-0.25, -0.2) is 17.8 Å². The third-order valence-electron chi connectivity index (χ3n) is 4.65. The zero-order valence-electron chi connectivity index (χ0n) is 16.3. The van der Waals surface area contributed by atoms with Crippen LogP contribution in [0.2, 0.25) is 0 Å². The van der Waals surface area contributed by atoms with Crippen LogP contribution in [0, 0.1) is 18.2 Å². The molecule has 0 bridgehead atoms. The van der Waals surface area contributed by atoms with E-state index in [1.165, 1.54) is 25.3 Å². The number of methoxy groups -OCH3 is 1. The number of aromatic nitrogens is 2. The number of nitrogens with zero attached hydrogens (tertiary/aromatic N) is 2. The summed E-state index contributed by atoms with van der Waals surface area (Å²) in [5, 5.41) is 0.784. The van der Waals surface area contributed by atoms with E-state index >= 15 is 0 Å². The molecule has 2 heterocycles. The first-order valence-corrected chi connectivity index (χ1v) is 10.6. The van der Waals surface area contributed by atoms with Gasteiger partial charge in [0.25, 0.3) is 10.0 Å². The SMILES string of the molecule is C#Cc1ccnc2ccc(-c3cnc(OC)c(NS(=O)(=O)c4ccccc4F)c3)cc12. The maximum Gasteiger partial charge on any atom is 0.264 e. The van der Waals surface area contributed by atoms with Gasteiger partial charge in [0.05, 0.1) is 12.6 Å². The minimum Gasteiger partial charge on any atom is -0.480 e. The van der Waals surface area contributed by atoms with Gasteiger partial charge in [-0.05, 0) is 42.0 Å². The molecule has 4 aromatic rings. The van der Waals surface area contributed by atoms with Crippen LogP contribution < -0.4 is 9.46 Å². The molecule has 0 unspecified atom stereocenters. The molecule has 0 aliphatic heterocycles. The Kier molecular flexibility index (Phi) is 5.28. The number of anilines is 1. The molecule has 0 aliphatic rings. The van der Waals surface area contributed by atoms with E-state index in [2.05, 4.69) is 20.6 Å². The number of rotatable bonds is 5. The number of sulfonamides is 1. The van der Waals surface area contributed by atoms with Crippen molar-refractivity contribution in [3.8, 4) is 29.4 Å². The molecule has 4 rings (SSSR count). The van der Waals surface area contributed by atoms with Gasteiger partial charge in [0.1, 0.15) is 16.4 Å². The zero-order valence-corrected chi connectivity index (χ0v) is 17.2. The fraction of sp³-hybridized carbons (Fsp3) is 0.0435. The molecule has 0 aliphatic carbocycles. The summed E-state index contributed by atoms with van der Waals surface area (Å²) in [6.07, 6.45) is 8.78. The summed E-state index contributed by atoms with van der Waals surface area (Å²) in [6.45, 7) is 0. The largest absolute Gasteiger partial charge is 0.480 e. The summed E-state index contributed by atoms with van der Waals surface area (Å²) in [5.74, 6) is 1.82. The molecule has 1 N–H and O–H groups in total. The normalized spacial score (nSPS) is 11.1. The number of ether oxygens (including phenoxy) is 1. The van der Waals surface area contributed by atoms with Crippen LogP contribution in [0.1, 0.15) is 5.56 Å². The van der Waals surface area contributed by atoms with Crippen LogP contribution in [-0.4, -0.2) is 25.5 Å². The Morgan fingerprint density at radius 2 is 1.87 bits per heavy atom. The zero-order chi connectivity index (χ0) is 22.0. The van der Waals surface area contributed by atoms with Crippen LogP contribution in [0.4, 0.5) is 10.1 Å². The highest BCUT2D eigenvalue weighted by Crippen LogP contribution is 2.32. The first-order chi connectivity index (χ1) is 14.9. The van der Waals surface area contributed by atoms with Crippen molar-refractivity contribution < 1.29 is 17.5 Å². The van der Waals surface area contributed by atoms with Gasteiger partial charge in [-0.1, -0.05) is 24.1 Å². The van der Waals surface area contributed by atoms with Gasteiger partial charge in [0, 0.05) is 28.9 Å². The molecule has 0 saturated heterocycles. The van der Waals surface area contributed by atoms with Crippen molar-refractivity contribution in [3.63, 3.8) is 0 Å². The highest BCUT2D eigenvalue weighted by atomic mass is 32.2. The monoisotopic (exact) mass is 433 g/mol. The van der Waals surface area contributed by atoms with E-state index < -0.39 is 20.7 Å². The predicted octanol–water partition coefficient (Wildman–Crippen LogP) is 4.23. The first-order valence-electron chi connectivity index (χ1n) is 9.10. The minimum absolute atomic E-state index is 0.0513.